The van der Waals surface area contributed by atoms with Crippen LogP contribution in [0.4, 0.5) is 0 Å². The Bertz CT molecular complexity index is 349. The second-order valence-electron chi connectivity index (χ2n) is 5.46. The Balaban J connectivity index is 2.37. The molecule has 0 N–H and O–H groups in total. The zero-order chi connectivity index (χ0) is 11.1. The molecular weight excluding hydrogens is 200 g/mol. The third-order valence-corrected chi connectivity index (χ3v) is 5.15. The highest BCUT2D eigenvalue weighted by molar-refractivity contribution is 8.00. The molecular formula is C14H20S. The van der Waals surface area contributed by atoms with Crippen molar-refractivity contribution >= 4 is 11.8 Å². The molecule has 0 fully saturated rings. The van der Waals surface area contributed by atoms with E-state index in [1.54, 1.807) is 5.56 Å². The topological polar surface area (TPSA) is 0 Å². The predicted molar refractivity (Wildman–Crippen MR) is 68.6 cm³/mol. The van der Waals surface area contributed by atoms with Crippen LogP contribution in [0.3, 0.4) is 0 Å². The summed E-state index contributed by atoms with van der Waals surface area (Å²) in [4.78, 5) is 1.50. The number of rotatable bonds is 1. The Hall–Kier alpha value is -0.430. The highest BCUT2D eigenvalue weighted by Crippen LogP contribution is 2.53. The van der Waals surface area contributed by atoms with Crippen LogP contribution in [-0.4, -0.2) is 5.25 Å². The second-order valence-corrected chi connectivity index (χ2v) is 6.64. The first-order valence-electron chi connectivity index (χ1n) is 5.79. The minimum atomic E-state index is 0.393. The van der Waals surface area contributed by atoms with Gasteiger partial charge in [-0.1, -0.05) is 45.9 Å². The summed E-state index contributed by atoms with van der Waals surface area (Å²) in [5.74, 6) is 0.742. The summed E-state index contributed by atoms with van der Waals surface area (Å²) in [7, 11) is 0. The van der Waals surface area contributed by atoms with Crippen molar-refractivity contribution in [2.45, 2.75) is 50.2 Å². The highest BCUT2D eigenvalue weighted by Gasteiger charge is 2.38. The molecule has 1 aromatic rings. The van der Waals surface area contributed by atoms with Gasteiger partial charge in [0.05, 0.1) is 0 Å². The Morgan fingerprint density at radius 1 is 1.20 bits per heavy atom. The van der Waals surface area contributed by atoms with Gasteiger partial charge in [0.1, 0.15) is 0 Å². The van der Waals surface area contributed by atoms with Crippen molar-refractivity contribution in [3.05, 3.63) is 29.8 Å². The van der Waals surface area contributed by atoms with E-state index in [1.165, 1.54) is 11.3 Å². The Morgan fingerprint density at radius 3 is 2.47 bits per heavy atom. The summed E-state index contributed by atoms with van der Waals surface area (Å²) in [6.07, 6.45) is 1.26. The van der Waals surface area contributed by atoms with Crippen LogP contribution in [0.15, 0.2) is 29.2 Å². The van der Waals surface area contributed by atoms with Crippen LogP contribution in [0, 0.1) is 5.41 Å². The van der Waals surface area contributed by atoms with E-state index in [2.05, 4.69) is 63.7 Å². The normalized spacial score (nSPS) is 25.3. The van der Waals surface area contributed by atoms with Gasteiger partial charge in [-0.2, -0.15) is 0 Å². The summed E-state index contributed by atoms with van der Waals surface area (Å²) >= 11 is 2.08. The molecule has 0 aromatic heterocycles. The zero-order valence-electron chi connectivity index (χ0n) is 10.1. The van der Waals surface area contributed by atoms with Gasteiger partial charge in [-0.05, 0) is 29.4 Å². The number of fused-ring (bicyclic) bond motifs is 1. The van der Waals surface area contributed by atoms with E-state index >= 15 is 0 Å². The maximum Gasteiger partial charge on any atom is 0.0212 e. The molecule has 0 saturated heterocycles. The van der Waals surface area contributed by atoms with E-state index in [4.69, 9.17) is 0 Å². The van der Waals surface area contributed by atoms with Crippen molar-refractivity contribution in [3.63, 3.8) is 0 Å². The van der Waals surface area contributed by atoms with Gasteiger partial charge in [-0.15, -0.1) is 11.8 Å². The van der Waals surface area contributed by atoms with Crippen LogP contribution in [0.1, 0.15) is 45.6 Å². The lowest BCUT2D eigenvalue weighted by molar-refractivity contribution is 0.355. The first-order valence-corrected chi connectivity index (χ1v) is 6.67. The van der Waals surface area contributed by atoms with Gasteiger partial charge in [-0.3, -0.25) is 0 Å². The molecule has 1 heterocycles. The van der Waals surface area contributed by atoms with E-state index in [-0.39, 0.29) is 0 Å². The minimum Gasteiger partial charge on any atom is -0.121 e. The molecule has 0 spiro atoms. The fourth-order valence-corrected chi connectivity index (χ4v) is 4.13. The van der Waals surface area contributed by atoms with Crippen molar-refractivity contribution in [3.8, 4) is 0 Å². The standard InChI is InChI=1S/C14H20S/c1-5-10-11-8-6-7-9-12(11)15-13(10)14(2,3)4/h6-10,13H,5H2,1-4H3. The molecule has 2 atom stereocenters. The third kappa shape index (κ3) is 1.94. The minimum absolute atomic E-state index is 0.393. The third-order valence-electron chi connectivity index (χ3n) is 3.23. The van der Waals surface area contributed by atoms with Gasteiger partial charge in [0, 0.05) is 10.1 Å². The Morgan fingerprint density at radius 2 is 1.87 bits per heavy atom. The van der Waals surface area contributed by atoms with Crippen LogP contribution in [0.5, 0.6) is 0 Å². The fourth-order valence-electron chi connectivity index (χ4n) is 2.49. The maximum atomic E-state index is 2.36. The van der Waals surface area contributed by atoms with E-state index in [0.717, 1.165) is 11.2 Å². The molecule has 2 unspecified atom stereocenters. The van der Waals surface area contributed by atoms with Crippen LogP contribution in [0.2, 0.25) is 0 Å². The van der Waals surface area contributed by atoms with Gasteiger partial charge in [0.15, 0.2) is 0 Å². The number of thioether (sulfide) groups is 1. The second kappa shape index (κ2) is 3.86. The molecule has 1 heteroatoms. The lowest BCUT2D eigenvalue weighted by Gasteiger charge is -2.31. The van der Waals surface area contributed by atoms with Crippen molar-refractivity contribution < 1.29 is 0 Å². The van der Waals surface area contributed by atoms with E-state index in [9.17, 15) is 0 Å². The summed E-state index contributed by atoms with van der Waals surface area (Å²) in [5.41, 5.74) is 1.97. The van der Waals surface area contributed by atoms with Crippen LogP contribution < -0.4 is 0 Å². The maximum absolute atomic E-state index is 2.36. The Kier molecular flexibility index (Phi) is 2.85. The monoisotopic (exact) mass is 220 g/mol. The number of hydrogen-bond acceptors (Lipinski definition) is 1. The van der Waals surface area contributed by atoms with Gasteiger partial charge >= 0.3 is 0 Å². The van der Waals surface area contributed by atoms with Gasteiger partial charge in [0.2, 0.25) is 0 Å². The zero-order valence-corrected chi connectivity index (χ0v) is 10.9. The van der Waals surface area contributed by atoms with E-state index in [1.807, 2.05) is 0 Å². The summed E-state index contributed by atoms with van der Waals surface area (Å²) in [6, 6.07) is 8.91. The largest absolute Gasteiger partial charge is 0.121 e. The van der Waals surface area contributed by atoms with Crippen molar-refractivity contribution in [1.29, 1.82) is 0 Å². The molecule has 0 nitrogen and oxygen atoms in total. The molecule has 0 radical (unpaired) electrons. The molecule has 1 aromatic carbocycles. The summed E-state index contributed by atoms with van der Waals surface area (Å²) in [6.45, 7) is 9.39. The predicted octanol–water partition coefficient (Wildman–Crippen LogP) is 4.70. The molecule has 2 rings (SSSR count). The average Bonchev–Trinajstić information content (AvgIpc) is 2.55. The van der Waals surface area contributed by atoms with Crippen LogP contribution in [0.25, 0.3) is 0 Å². The molecule has 1 aliphatic heterocycles. The summed E-state index contributed by atoms with van der Waals surface area (Å²) < 4.78 is 0. The number of hydrogen-bond donors (Lipinski definition) is 0. The number of benzene rings is 1. The summed E-state index contributed by atoms with van der Waals surface area (Å²) in [5, 5.41) is 0.736. The highest BCUT2D eigenvalue weighted by atomic mass is 32.2. The average molecular weight is 220 g/mol. The lowest BCUT2D eigenvalue weighted by atomic mass is 9.80. The quantitative estimate of drug-likeness (QED) is 0.661. The lowest BCUT2D eigenvalue weighted by Crippen LogP contribution is -2.26. The molecule has 82 valence electrons. The molecule has 0 saturated carbocycles. The van der Waals surface area contributed by atoms with Crippen molar-refractivity contribution in [2.75, 3.05) is 0 Å². The molecule has 15 heavy (non-hydrogen) atoms. The van der Waals surface area contributed by atoms with Crippen LogP contribution >= 0.6 is 11.8 Å². The first kappa shape index (κ1) is 11.1. The van der Waals surface area contributed by atoms with Gasteiger partial charge in [0.25, 0.3) is 0 Å². The molecule has 0 amide bonds. The van der Waals surface area contributed by atoms with Gasteiger partial charge < -0.3 is 0 Å². The first-order chi connectivity index (χ1) is 7.04. The van der Waals surface area contributed by atoms with Crippen molar-refractivity contribution in [2.24, 2.45) is 5.41 Å². The molecule has 1 aliphatic rings. The fraction of sp³-hybridized carbons (Fsp3) is 0.571. The van der Waals surface area contributed by atoms with Crippen molar-refractivity contribution in [1.82, 2.24) is 0 Å². The molecule has 0 bridgehead atoms. The van der Waals surface area contributed by atoms with E-state index < -0.39 is 0 Å². The smallest absolute Gasteiger partial charge is 0.0212 e. The SMILES string of the molecule is CCC1c2ccccc2SC1C(C)(C)C. The Labute approximate surface area is 97.5 Å². The van der Waals surface area contributed by atoms with Gasteiger partial charge in [-0.25, -0.2) is 0 Å². The molecule has 0 aliphatic carbocycles. The van der Waals surface area contributed by atoms with E-state index in [0.29, 0.717) is 5.41 Å². The van der Waals surface area contributed by atoms with Crippen LogP contribution in [-0.2, 0) is 0 Å².